The lowest BCUT2D eigenvalue weighted by Gasteiger charge is -2.08. The van der Waals surface area contributed by atoms with E-state index in [0.29, 0.717) is 0 Å². The third kappa shape index (κ3) is 3.01. The summed E-state index contributed by atoms with van der Waals surface area (Å²) in [6.07, 6.45) is -3.23. The van der Waals surface area contributed by atoms with Crippen molar-refractivity contribution in [3.8, 4) is 11.1 Å². The highest BCUT2D eigenvalue weighted by molar-refractivity contribution is 5.94. The SMILES string of the molecule is CCC(=O)c1n[nH]cc(-c2cccc(C(F)(F)F)c2)c1=O. The minimum absolute atomic E-state index is 0.0205. The number of halogens is 3. The van der Waals surface area contributed by atoms with E-state index in [2.05, 4.69) is 10.2 Å². The first-order valence-corrected chi connectivity index (χ1v) is 6.13. The zero-order chi connectivity index (χ0) is 15.6. The second-order valence-corrected chi connectivity index (χ2v) is 4.33. The first-order valence-electron chi connectivity index (χ1n) is 6.13. The number of nitrogens with one attached hydrogen (secondary N) is 1. The molecule has 1 N–H and O–H groups in total. The number of nitrogens with zero attached hydrogens (tertiary/aromatic N) is 1. The van der Waals surface area contributed by atoms with Gasteiger partial charge in [-0.05, 0) is 17.7 Å². The molecule has 0 aliphatic heterocycles. The number of carbonyl (C=O) groups is 1. The molecule has 21 heavy (non-hydrogen) atoms. The summed E-state index contributed by atoms with van der Waals surface area (Å²) in [6.45, 7) is 1.57. The topological polar surface area (TPSA) is 62.8 Å². The van der Waals surface area contributed by atoms with Crippen LogP contribution in [0.5, 0.6) is 0 Å². The number of hydrogen-bond acceptors (Lipinski definition) is 3. The van der Waals surface area contributed by atoms with Gasteiger partial charge in [0.05, 0.1) is 5.56 Å². The molecule has 1 aromatic heterocycles. The summed E-state index contributed by atoms with van der Waals surface area (Å²) >= 11 is 0. The van der Waals surface area contributed by atoms with Gasteiger partial charge < -0.3 is 0 Å². The number of rotatable bonds is 3. The van der Waals surface area contributed by atoms with E-state index in [1.165, 1.54) is 18.3 Å². The molecule has 0 aliphatic rings. The van der Waals surface area contributed by atoms with Gasteiger partial charge in [0.25, 0.3) is 0 Å². The maximum absolute atomic E-state index is 12.7. The molecule has 0 fully saturated rings. The van der Waals surface area contributed by atoms with Crippen molar-refractivity contribution in [2.24, 2.45) is 0 Å². The normalized spacial score (nSPS) is 11.4. The second kappa shape index (κ2) is 5.51. The maximum atomic E-state index is 12.7. The molecule has 0 aliphatic carbocycles. The Bertz CT molecular complexity index is 735. The standard InChI is InChI=1S/C14H11F3N2O2/c1-2-11(20)12-13(21)10(7-18-19-12)8-4-3-5-9(6-8)14(15,16)17/h3-7H,2H2,1H3,(H,18,21). The predicted molar refractivity (Wildman–Crippen MR) is 69.9 cm³/mol. The summed E-state index contributed by atoms with van der Waals surface area (Å²) in [6, 6.07) is 4.36. The largest absolute Gasteiger partial charge is 0.416 e. The Balaban J connectivity index is 2.58. The fraction of sp³-hybridized carbons (Fsp3) is 0.214. The Morgan fingerprint density at radius 1 is 1.33 bits per heavy atom. The summed E-state index contributed by atoms with van der Waals surface area (Å²) in [7, 11) is 0. The van der Waals surface area contributed by atoms with Gasteiger partial charge in [-0.3, -0.25) is 14.7 Å². The number of aromatic amines is 1. The Morgan fingerprint density at radius 2 is 2.05 bits per heavy atom. The molecule has 1 aromatic carbocycles. The first-order chi connectivity index (χ1) is 9.84. The van der Waals surface area contributed by atoms with Crippen molar-refractivity contribution < 1.29 is 18.0 Å². The van der Waals surface area contributed by atoms with Crippen molar-refractivity contribution in [3.05, 3.63) is 51.9 Å². The molecule has 0 saturated heterocycles. The molecule has 0 unspecified atom stereocenters. The molecule has 4 nitrogen and oxygen atoms in total. The van der Waals surface area contributed by atoms with Crippen LogP contribution in [0, 0.1) is 0 Å². The minimum atomic E-state index is -4.50. The van der Waals surface area contributed by atoms with Crippen molar-refractivity contribution in [1.29, 1.82) is 0 Å². The lowest BCUT2D eigenvalue weighted by atomic mass is 10.0. The molecular weight excluding hydrogens is 285 g/mol. The van der Waals surface area contributed by atoms with Crippen LogP contribution in [-0.2, 0) is 6.18 Å². The Labute approximate surface area is 117 Å². The molecular formula is C14H11F3N2O2. The summed E-state index contributed by atoms with van der Waals surface area (Å²) in [5.74, 6) is -0.468. The number of hydrogen-bond donors (Lipinski definition) is 1. The molecule has 110 valence electrons. The quantitative estimate of drug-likeness (QED) is 0.885. The van der Waals surface area contributed by atoms with Crippen LogP contribution in [0.15, 0.2) is 35.3 Å². The summed E-state index contributed by atoms with van der Waals surface area (Å²) in [5.41, 5.74) is -1.78. The third-order valence-electron chi connectivity index (χ3n) is 2.93. The number of carbonyl (C=O) groups excluding carboxylic acids is 1. The molecule has 2 aromatic rings. The molecule has 1 heterocycles. The molecule has 7 heteroatoms. The predicted octanol–water partition coefficient (Wildman–Crippen LogP) is 3.05. The molecule has 0 saturated carbocycles. The van der Waals surface area contributed by atoms with Crippen LogP contribution in [0.1, 0.15) is 29.4 Å². The van der Waals surface area contributed by atoms with Crippen molar-refractivity contribution in [2.45, 2.75) is 19.5 Å². The number of Topliss-reactive ketones (excluding diaryl/α,β-unsaturated/α-hetero) is 1. The first kappa shape index (κ1) is 15.0. The van der Waals surface area contributed by atoms with Crippen LogP contribution >= 0.6 is 0 Å². The lowest BCUT2D eigenvalue weighted by molar-refractivity contribution is -0.137. The fourth-order valence-electron chi connectivity index (χ4n) is 1.84. The van der Waals surface area contributed by atoms with Crippen LogP contribution in [-0.4, -0.2) is 16.0 Å². The van der Waals surface area contributed by atoms with E-state index in [1.54, 1.807) is 6.92 Å². The van der Waals surface area contributed by atoms with Crippen LogP contribution < -0.4 is 5.43 Å². The number of alkyl halides is 3. The second-order valence-electron chi connectivity index (χ2n) is 4.33. The molecule has 0 amide bonds. The van der Waals surface area contributed by atoms with Gasteiger partial charge in [-0.25, -0.2) is 0 Å². The van der Waals surface area contributed by atoms with E-state index < -0.39 is 23.0 Å². The fourth-order valence-corrected chi connectivity index (χ4v) is 1.84. The van der Waals surface area contributed by atoms with E-state index in [0.717, 1.165) is 12.1 Å². The zero-order valence-electron chi connectivity index (χ0n) is 11.0. The monoisotopic (exact) mass is 296 g/mol. The average molecular weight is 296 g/mol. The van der Waals surface area contributed by atoms with E-state index in [9.17, 15) is 22.8 Å². The van der Waals surface area contributed by atoms with Gasteiger partial charge in [-0.15, -0.1) is 0 Å². The van der Waals surface area contributed by atoms with Crippen LogP contribution in [0.4, 0.5) is 13.2 Å². The molecule has 2 rings (SSSR count). The van der Waals surface area contributed by atoms with Gasteiger partial charge in [-0.2, -0.15) is 18.3 Å². The highest BCUT2D eigenvalue weighted by Crippen LogP contribution is 2.31. The van der Waals surface area contributed by atoms with Gasteiger partial charge in [0.15, 0.2) is 11.5 Å². The van der Waals surface area contributed by atoms with Gasteiger partial charge in [0, 0.05) is 18.2 Å². The number of H-pyrrole nitrogens is 1. The lowest BCUT2D eigenvalue weighted by Crippen LogP contribution is -2.19. The van der Waals surface area contributed by atoms with Crippen molar-refractivity contribution in [1.82, 2.24) is 10.2 Å². The summed E-state index contributed by atoms with van der Waals surface area (Å²) in [4.78, 5) is 23.7. The molecule has 0 spiro atoms. The Morgan fingerprint density at radius 3 is 2.67 bits per heavy atom. The van der Waals surface area contributed by atoms with Gasteiger partial charge >= 0.3 is 6.18 Å². The van der Waals surface area contributed by atoms with Crippen LogP contribution in [0.3, 0.4) is 0 Å². The molecule has 0 atom stereocenters. The molecule has 0 radical (unpaired) electrons. The van der Waals surface area contributed by atoms with E-state index in [-0.39, 0.29) is 23.2 Å². The average Bonchev–Trinajstić information content (AvgIpc) is 2.46. The molecule has 0 bridgehead atoms. The highest BCUT2D eigenvalue weighted by atomic mass is 19.4. The van der Waals surface area contributed by atoms with E-state index in [4.69, 9.17) is 0 Å². The number of ketones is 1. The van der Waals surface area contributed by atoms with Crippen molar-refractivity contribution >= 4 is 5.78 Å². The minimum Gasteiger partial charge on any atom is -0.292 e. The third-order valence-corrected chi connectivity index (χ3v) is 2.93. The zero-order valence-corrected chi connectivity index (χ0v) is 11.0. The van der Waals surface area contributed by atoms with Crippen molar-refractivity contribution in [2.75, 3.05) is 0 Å². The van der Waals surface area contributed by atoms with E-state index >= 15 is 0 Å². The van der Waals surface area contributed by atoms with Gasteiger partial charge in [0.2, 0.25) is 5.43 Å². The van der Waals surface area contributed by atoms with Gasteiger partial charge in [0.1, 0.15) is 0 Å². The maximum Gasteiger partial charge on any atom is 0.416 e. The van der Waals surface area contributed by atoms with Crippen LogP contribution in [0.25, 0.3) is 11.1 Å². The Hall–Kier alpha value is -2.44. The number of benzene rings is 1. The number of aromatic nitrogens is 2. The summed E-state index contributed by atoms with van der Waals surface area (Å²) in [5, 5.41) is 5.99. The van der Waals surface area contributed by atoms with Crippen LogP contribution in [0.2, 0.25) is 0 Å². The van der Waals surface area contributed by atoms with Gasteiger partial charge in [-0.1, -0.05) is 19.1 Å². The van der Waals surface area contributed by atoms with E-state index in [1.807, 2.05) is 0 Å². The van der Waals surface area contributed by atoms with Crippen molar-refractivity contribution in [3.63, 3.8) is 0 Å². The smallest absolute Gasteiger partial charge is 0.292 e. The Kier molecular flexibility index (Phi) is 3.93. The highest BCUT2D eigenvalue weighted by Gasteiger charge is 2.30. The summed E-state index contributed by atoms with van der Waals surface area (Å²) < 4.78 is 38.1.